The number of nitrogens with one attached hydrogen (secondary N) is 1. The van der Waals surface area contributed by atoms with Gasteiger partial charge < -0.3 is 14.6 Å². The smallest absolute Gasteiger partial charge is 0.255 e. The SMILES string of the molecule is CCS(=O)(=O)c1ccccc1C(=O)N1CC=C(c2c[nH]c3ccc(OC)cc23)CC1. The molecule has 30 heavy (non-hydrogen) atoms. The van der Waals surface area contributed by atoms with Crippen molar-refractivity contribution in [1.29, 1.82) is 0 Å². The molecule has 0 spiro atoms. The van der Waals surface area contributed by atoms with Crippen LogP contribution in [0.1, 0.15) is 29.3 Å². The molecule has 3 aromatic rings. The molecule has 1 aliphatic heterocycles. The molecule has 0 bridgehead atoms. The Labute approximate surface area is 176 Å². The van der Waals surface area contributed by atoms with Gasteiger partial charge >= 0.3 is 0 Å². The van der Waals surface area contributed by atoms with Gasteiger partial charge in [0.2, 0.25) is 0 Å². The van der Waals surface area contributed by atoms with Crippen LogP contribution in [-0.4, -0.2) is 50.2 Å². The van der Waals surface area contributed by atoms with E-state index >= 15 is 0 Å². The van der Waals surface area contributed by atoms with Gasteiger partial charge in [-0.2, -0.15) is 0 Å². The second-order valence-corrected chi connectivity index (χ2v) is 9.49. The first-order chi connectivity index (χ1) is 14.4. The van der Waals surface area contributed by atoms with Gasteiger partial charge in [0, 0.05) is 35.8 Å². The third-order valence-corrected chi connectivity index (χ3v) is 7.35. The van der Waals surface area contributed by atoms with Crippen LogP contribution in [0.5, 0.6) is 5.75 Å². The number of H-pyrrole nitrogens is 1. The van der Waals surface area contributed by atoms with Crippen LogP contribution < -0.4 is 4.74 Å². The summed E-state index contributed by atoms with van der Waals surface area (Å²) in [6.07, 6.45) is 4.72. The predicted octanol–water partition coefficient (Wildman–Crippen LogP) is 3.90. The number of ether oxygens (including phenoxy) is 1. The Bertz CT molecular complexity index is 1240. The van der Waals surface area contributed by atoms with E-state index < -0.39 is 9.84 Å². The van der Waals surface area contributed by atoms with Crippen molar-refractivity contribution < 1.29 is 17.9 Å². The fourth-order valence-electron chi connectivity index (χ4n) is 3.83. The largest absolute Gasteiger partial charge is 0.497 e. The van der Waals surface area contributed by atoms with Gasteiger partial charge in [-0.3, -0.25) is 4.79 Å². The summed E-state index contributed by atoms with van der Waals surface area (Å²) in [4.78, 5) is 18.2. The monoisotopic (exact) mass is 424 g/mol. The standard InChI is InChI=1S/C23H24N2O4S/c1-3-30(27,28)22-7-5-4-6-18(22)23(26)25-12-10-16(11-13-25)20-15-24-21-9-8-17(29-2)14-19(20)21/h4-10,14-15,24H,3,11-13H2,1-2H3. The van der Waals surface area contributed by atoms with E-state index in [1.807, 2.05) is 30.5 Å². The van der Waals surface area contributed by atoms with Crippen LogP contribution in [0, 0.1) is 0 Å². The van der Waals surface area contributed by atoms with E-state index in [1.165, 1.54) is 6.07 Å². The number of aromatic nitrogens is 1. The minimum atomic E-state index is -3.47. The number of fused-ring (bicyclic) bond motifs is 1. The molecule has 7 heteroatoms. The maximum Gasteiger partial charge on any atom is 0.255 e. The van der Waals surface area contributed by atoms with E-state index in [-0.39, 0.29) is 22.1 Å². The van der Waals surface area contributed by atoms with E-state index in [4.69, 9.17) is 4.74 Å². The fourth-order valence-corrected chi connectivity index (χ4v) is 4.92. The zero-order chi connectivity index (χ0) is 21.3. The minimum Gasteiger partial charge on any atom is -0.497 e. The Kier molecular flexibility index (Phi) is 5.39. The summed E-state index contributed by atoms with van der Waals surface area (Å²) >= 11 is 0. The van der Waals surface area contributed by atoms with Crippen molar-refractivity contribution in [3.63, 3.8) is 0 Å². The van der Waals surface area contributed by atoms with Crippen LogP contribution in [0.3, 0.4) is 0 Å². The highest BCUT2D eigenvalue weighted by Crippen LogP contribution is 2.32. The summed E-state index contributed by atoms with van der Waals surface area (Å²) < 4.78 is 30.1. The van der Waals surface area contributed by atoms with Crippen molar-refractivity contribution in [2.75, 3.05) is 26.0 Å². The summed E-state index contributed by atoms with van der Waals surface area (Å²) in [6, 6.07) is 12.4. The summed E-state index contributed by atoms with van der Waals surface area (Å²) in [5.41, 5.74) is 3.54. The maximum atomic E-state index is 13.1. The van der Waals surface area contributed by atoms with E-state index in [1.54, 1.807) is 37.1 Å². The molecular weight excluding hydrogens is 400 g/mol. The minimum absolute atomic E-state index is 0.0363. The van der Waals surface area contributed by atoms with Gasteiger partial charge in [0.15, 0.2) is 9.84 Å². The first-order valence-electron chi connectivity index (χ1n) is 9.90. The Morgan fingerprint density at radius 3 is 2.70 bits per heavy atom. The van der Waals surface area contributed by atoms with Gasteiger partial charge in [-0.1, -0.05) is 25.1 Å². The van der Waals surface area contributed by atoms with Gasteiger partial charge in [-0.15, -0.1) is 0 Å². The second kappa shape index (κ2) is 7.99. The highest BCUT2D eigenvalue weighted by atomic mass is 32.2. The Morgan fingerprint density at radius 2 is 2.00 bits per heavy atom. The number of hydrogen-bond acceptors (Lipinski definition) is 4. The van der Waals surface area contributed by atoms with E-state index in [2.05, 4.69) is 4.98 Å². The summed E-state index contributed by atoms with van der Waals surface area (Å²) in [6.45, 7) is 2.55. The number of rotatable bonds is 5. The van der Waals surface area contributed by atoms with Crippen LogP contribution in [0.4, 0.5) is 0 Å². The topological polar surface area (TPSA) is 79.5 Å². The lowest BCUT2D eigenvalue weighted by Gasteiger charge is -2.27. The zero-order valence-electron chi connectivity index (χ0n) is 17.0. The van der Waals surface area contributed by atoms with Crippen molar-refractivity contribution in [2.24, 2.45) is 0 Å². The van der Waals surface area contributed by atoms with E-state index in [0.29, 0.717) is 19.5 Å². The lowest BCUT2D eigenvalue weighted by molar-refractivity contribution is 0.0769. The number of nitrogens with zero attached hydrogens (tertiary/aromatic N) is 1. The second-order valence-electron chi connectivity index (χ2n) is 7.24. The predicted molar refractivity (Wildman–Crippen MR) is 118 cm³/mol. The lowest BCUT2D eigenvalue weighted by atomic mass is 9.98. The fraction of sp³-hybridized carbons (Fsp3) is 0.261. The number of amides is 1. The molecule has 1 amide bonds. The summed E-state index contributed by atoms with van der Waals surface area (Å²) in [7, 11) is -1.82. The Hall–Kier alpha value is -3.06. The molecule has 0 fully saturated rings. The molecule has 0 unspecified atom stereocenters. The average Bonchev–Trinajstić information content (AvgIpc) is 3.21. The molecule has 1 aliphatic rings. The molecule has 0 radical (unpaired) electrons. The molecule has 0 saturated carbocycles. The molecule has 0 aliphatic carbocycles. The molecular formula is C23H24N2O4S. The van der Waals surface area contributed by atoms with Gasteiger partial charge in [0.1, 0.15) is 5.75 Å². The summed E-state index contributed by atoms with van der Waals surface area (Å²) in [5, 5.41) is 1.08. The molecule has 0 saturated heterocycles. The van der Waals surface area contributed by atoms with Crippen LogP contribution >= 0.6 is 0 Å². The summed E-state index contributed by atoms with van der Waals surface area (Å²) in [5.74, 6) is 0.509. The molecule has 0 atom stereocenters. The normalized spacial score (nSPS) is 14.6. The number of methoxy groups -OCH3 is 1. The van der Waals surface area contributed by atoms with E-state index in [9.17, 15) is 13.2 Å². The zero-order valence-corrected chi connectivity index (χ0v) is 17.8. The van der Waals surface area contributed by atoms with Gasteiger partial charge in [-0.25, -0.2) is 8.42 Å². The van der Waals surface area contributed by atoms with Gasteiger partial charge in [0.05, 0.1) is 23.3 Å². The van der Waals surface area contributed by atoms with Crippen LogP contribution in [-0.2, 0) is 9.84 Å². The molecule has 2 heterocycles. The molecule has 1 N–H and O–H groups in total. The molecule has 156 valence electrons. The number of aromatic amines is 1. The molecule has 6 nitrogen and oxygen atoms in total. The third-order valence-electron chi connectivity index (χ3n) is 5.56. The van der Waals surface area contributed by atoms with Gasteiger partial charge in [-0.05, 0) is 42.3 Å². The van der Waals surface area contributed by atoms with Crippen LogP contribution in [0.2, 0.25) is 0 Å². The van der Waals surface area contributed by atoms with E-state index in [0.717, 1.165) is 27.8 Å². The molecule has 1 aromatic heterocycles. The number of sulfone groups is 1. The van der Waals surface area contributed by atoms with Gasteiger partial charge in [0.25, 0.3) is 5.91 Å². The Morgan fingerprint density at radius 1 is 1.20 bits per heavy atom. The molecule has 2 aromatic carbocycles. The van der Waals surface area contributed by atoms with Crippen molar-refractivity contribution in [3.8, 4) is 5.75 Å². The van der Waals surface area contributed by atoms with Crippen molar-refractivity contribution in [1.82, 2.24) is 9.88 Å². The first-order valence-corrected chi connectivity index (χ1v) is 11.6. The third kappa shape index (κ3) is 3.61. The Balaban J connectivity index is 1.60. The van der Waals surface area contributed by atoms with Crippen molar-refractivity contribution in [2.45, 2.75) is 18.2 Å². The highest BCUT2D eigenvalue weighted by Gasteiger charge is 2.26. The van der Waals surface area contributed by atoms with Crippen molar-refractivity contribution in [3.05, 3.63) is 65.9 Å². The lowest BCUT2D eigenvalue weighted by Crippen LogP contribution is -2.35. The number of hydrogen-bond donors (Lipinski definition) is 1. The quantitative estimate of drug-likeness (QED) is 0.674. The average molecular weight is 425 g/mol. The van der Waals surface area contributed by atoms with Crippen LogP contribution in [0.15, 0.2) is 59.6 Å². The maximum absolute atomic E-state index is 13.1. The van der Waals surface area contributed by atoms with Crippen LogP contribution in [0.25, 0.3) is 16.5 Å². The first kappa shape index (κ1) is 20.2. The number of carbonyl (C=O) groups excluding carboxylic acids is 1. The highest BCUT2D eigenvalue weighted by molar-refractivity contribution is 7.91. The van der Waals surface area contributed by atoms with Crippen molar-refractivity contribution >= 4 is 32.2 Å². The molecule has 4 rings (SSSR count). The number of benzene rings is 2. The number of carbonyl (C=O) groups is 1.